The first-order valence-electron chi connectivity index (χ1n) is 3.93. The monoisotopic (exact) mass is 167 g/mol. The van der Waals surface area contributed by atoms with Crippen LogP contribution in [0.5, 0.6) is 0 Å². The maximum absolute atomic E-state index is 13.2. The molecule has 3 heteroatoms. The minimum Gasteiger partial charge on any atom is -0.309 e. The lowest BCUT2D eigenvalue weighted by molar-refractivity contribution is 0.268. The van der Waals surface area contributed by atoms with Gasteiger partial charge < -0.3 is 5.41 Å². The van der Waals surface area contributed by atoms with Gasteiger partial charge in [0.15, 0.2) is 0 Å². The fourth-order valence-electron chi connectivity index (χ4n) is 0.503. The number of rotatable bonds is 3. The van der Waals surface area contributed by atoms with Gasteiger partial charge in [-0.3, -0.25) is 0 Å². The SMILES string of the molecule is B/C(C=N)=C/C=C(\C)C(C)(C)F. The van der Waals surface area contributed by atoms with E-state index in [2.05, 4.69) is 0 Å². The van der Waals surface area contributed by atoms with E-state index in [1.165, 1.54) is 20.1 Å². The maximum Gasteiger partial charge on any atom is 0.141 e. The van der Waals surface area contributed by atoms with E-state index in [1.807, 2.05) is 7.85 Å². The molecule has 1 N–H and O–H groups in total. The second-order valence-corrected chi connectivity index (χ2v) is 3.38. The number of allylic oxidation sites excluding steroid dienone is 4. The Morgan fingerprint density at radius 2 is 1.92 bits per heavy atom. The molecule has 66 valence electrons. The Morgan fingerprint density at radius 3 is 2.25 bits per heavy atom. The fraction of sp³-hybridized carbons (Fsp3) is 0.444. The first kappa shape index (κ1) is 11.1. The summed E-state index contributed by atoms with van der Waals surface area (Å²) in [5.41, 5.74) is 0.223. The van der Waals surface area contributed by atoms with Crippen molar-refractivity contribution in [3.63, 3.8) is 0 Å². The normalized spacial score (nSPS) is 14.7. The zero-order valence-corrected chi connectivity index (χ0v) is 8.11. The van der Waals surface area contributed by atoms with E-state index in [4.69, 9.17) is 5.41 Å². The van der Waals surface area contributed by atoms with Crippen molar-refractivity contribution >= 4 is 14.1 Å². The molecular formula is C9H15BFN. The predicted octanol–water partition coefficient (Wildman–Crippen LogP) is 1.85. The highest BCUT2D eigenvalue weighted by Crippen LogP contribution is 2.19. The molecule has 12 heavy (non-hydrogen) atoms. The van der Waals surface area contributed by atoms with Crippen molar-refractivity contribution in [1.82, 2.24) is 0 Å². The standard InChI is InChI=1S/C9H15BFN/c1-7(9(2,3)11)4-5-8(10)6-12/h4-6,12H,10H2,1-3H3/b7-4+,8-5+,12-6?. The Balaban J connectivity index is 4.49. The summed E-state index contributed by atoms with van der Waals surface area (Å²) >= 11 is 0. The molecule has 0 heterocycles. The zero-order chi connectivity index (χ0) is 9.78. The third kappa shape index (κ3) is 4.11. The second-order valence-electron chi connectivity index (χ2n) is 3.38. The summed E-state index contributed by atoms with van der Waals surface area (Å²) in [6.45, 7) is 4.78. The maximum atomic E-state index is 13.2. The van der Waals surface area contributed by atoms with Gasteiger partial charge in [0, 0.05) is 6.21 Å². The van der Waals surface area contributed by atoms with Gasteiger partial charge in [0.05, 0.1) is 0 Å². The van der Waals surface area contributed by atoms with Gasteiger partial charge in [0.1, 0.15) is 13.5 Å². The minimum absolute atomic E-state index is 0.670. The third-order valence-corrected chi connectivity index (χ3v) is 1.76. The quantitative estimate of drug-likeness (QED) is 0.376. The molecule has 0 bridgehead atoms. The van der Waals surface area contributed by atoms with Crippen LogP contribution in [0.3, 0.4) is 0 Å². The van der Waals surface area contributed by atoms with Crippen LogP contribution in [-0.2, 0) is 0 Å². The summed E-state index contributed by atoms with van der Waals surface area (Å²) in [4.78, 5) is 0. The van der Waals surface area contributed by atoms with Gasteiger partial charge in [-0.05, 0) is 26.3 Å². The number of hydrogen-bond acceptors (Lipinski definition) is 1. The van der Waals surface area contributed by atoms with Crippen LogP contribution in [0.4, 0.5) is 4.39 Å². The van der Waals surface area contributed by atoms with Crippen LogP contribution in [-0.4, -0.2) is 19.7 Å². The summed E-state index contributed by atoms with van der Waals surface area (Å²) in [5, 5.41) is 6.89. The average Bonchev–Trinajstić information content (AvgIpc) is 1.97. The lowest BCUT2D eigenvalue weighted by atomic mass is 9.94. The average molecular weight is 167 g/mol. The van der Waals surface area contributed by atoms with Gasteiger partial charge in [-0.1, -0.05) is 17.6 Å². The van der Waals surface area contributed by atoms with E-state index in [9.17, 15) is 4.39 Å². The molecule has 0 atom stereocenters. The van der Waals surface area contributed by atoms with E-state index in [1.54, 1.807) is 19.1 Å². The number of halogens is 1. The van der Waals surface area contributed by atoms with Crippen molar-refractivity contribution < 1.29 is 4.39 Å². The number of alkyl halides is 1. The zero-order valence-electron chi connectivity index (χ0n) is 8.11. The molecule has 0 aromatic heterocycles. The molecule has 0 rings (SSSR count). The Morgan fingerprint density at radius 1 is 1.42 bits per heavy atom. The van der Waals surface area contributed by atoms with Crippen LogP contribution in [0.2, 0.25) is 0 Å². The molecule has 1 nitrogen and oxygen atoms in total. The summed E-state index contributed by atoms with van der Waals surface area (Å²) < 4.78 is 13.2. The molecule has 0 aromatic carbocycles. The van der Waals surface area contributed by atoms with Crippen LogP contribution in [0.25, 0.3) is 0 Å². The highest BCUT2D eigenvalue weighted by Gasteiger charge is 2.16. The Hall–Kier alpha value is -0.855. The summed E-state index contributed by atoms with van der Waals surface area (Å²) in [6.07, 6.45) is 4.69. The molecule has 0 aliphatic heterocycles. The van der Waals surface area contributed by atoms with Crippen LogP contribution in [0, 0.1) is 5.41 Å². The Kier molecular flexibility index (Phi) is 3.94. The van der Waals surface area contributed by atoms with Crippen molar-refractivity contribution in [2.45, 2.75) is 26.4 Å². The van der Waals surface area contributed by atoms with Gasteiger partial charge in [-0.15, -0.1) is 0 Å². The molecule has 0 saturated carbocycles. The van der Waals surface area contributed by atoms with Crippen molar-refractivity contribution in [2.75, 3.05) is 0 Å². The molecule has 0 amide bonds. The second kappa shape index (κ2) is 4.24. The highest BCUT2D eigenvalue weighted by atomic mass is 19.1. The number of hydrogen-bond donors (Lipinski definition) is 1. The predicted molar refractivity (Wildman–Crippen MR) is 54.4 cm³/mol. The van der Waals surface area contributed by atoms with E-state index in [0.717, 1.165) is 5.47 Å². The molecular weight excluding hydrogens is 152 g/mol. The van der Waals surface area contributed by atoms with Gasteiger partial charge in [0.25, 0.3) is 0 Å². The van der Waals surface area contributed by atoms with Crippen molar-refractivity contribution in [1.29, 1.82) is 5.41 Å². The smallest absolute Gasteiger partial charge is 0.141 e. The van der Waals surface area contributed by atoms with Gasteiger partial charge >= 0.3 is 0 Å². The molecule has 0 saturated heterocycles. The molecule has 0 aromatic rings. The van der Waals surface area contributed by atoms with Gasteiger partial charge in [0.2, 0.25) is 0 Å². The molecule has 0 aliphatic rings. The third-order valence-electron chi connectivity index (χ3n) is 1.76. The van der Waals surface area contributed by atoms with Gasteiger partial charge in [-0.2, -0.15) is 0 Å². The topological polar surface area (TPSA) is 23.9 Å². The van der Waals surface area contributed by atoms with Crippen molar-refractivity contribution in [3.05, 3.63) is 23.2 Å². The van der Waals surface area contributed by atoms with E-state index >= 15 is 0 Å². The van der Waals surface area contributed by atoms with Crippen LogP contribution in [0.15, 0.2) is 23.2 Å². The summed E-state index contributed by atoms with van der Waals surface area (Å²) in [6, 6.07) is 0. The van der Waals surface area contributed by atoms with E-state index in [0.29, 0.717) is 5.57 Å². The lowest BCUT2D eigenvalue weighted by Gasteiger charge is -2.13. The van der Waals surface area contributed by atoms with E-state index < -0.39 is 5.67 Å². The van der Waals surface area contributed by atoms with Crippen LogP contribution in [0.1, 0.15) is 20.8 Å². The first-order chi connectivity index (χ1) is 5.38. The first-order valence-corrected chi connectivity index (χ1v) is 3.93. The van der Waals surface area contributed by atoms with E-state index in [-0.39, 0.29) is 0 Å². The Labute approximate surface area is 74.3 Å². The molecule has 0 unspecified atom stereocenters. The fourth-order valence-corrected chi connectivity index (χ4v) is 0.503. The highest BCUT2D eigenvalue weighted by molar-refractivity contribution is 6.32. The molecule has 0 fully saturated rings. The molecule has 0 radical (unpaired) electrons. The summed E-state index contributed by atoms with van der Waals surface area (Å²) in [5.74, 6) is 0. The van der Waals surface area contributed by atoms with Crippen molar-refractivity contribution in [2.24, 2.45) is 0 Å². The summed E-state index contributed by atoms with van der Waals surface area (Å²) in [7, 11) is 1.81. The largest absolute Gasteiger partial charge is 0.309 e. The lowest BCUT2D eigenvalue weighted by Crippen LogP contribution is -2.12. The minimum atomic E-state index is -1.27. The number of nitrogens with one attached hydrogen (secondary N) is 1. The van der Waals surface area contributed by atoms with Crippen LogP contribution >= 0.6 is 0 Å². The van der Waals surface area contributed by atoms with Crippen LogP contribution < -0.4 is 0 Å². The Bertz CT molecular complexity index is 223. The van der Waals surface area contributed by atoms with Crippen molar-refractivity contribution in [3.8, 4) is 0 Å². The molecule has 0 aliphatic carbocycles. The van der Waals surface area contributed by atoms with Gasteiger partial charge in [-0.25, -0.2) is 4.39 Å². The molecule has 0 spiro atoms.